The van der Waals surface area contributed by atoms with Gasteiger partial charge in [-0.1, -0.05) is 269 Å². The SMILES string of the molecule is CCCCCCC/C=C\C/C=C\CCCCCCCCCCCCCCCCCCCCCCCCCCCCCC(=O)OC(COC(=O)CCCCCCCCCC)COP(=O)(O)OCCN. The normalized spacial score (nSPS) is 13.2. The van der Waals surface area contributed by atoms with Crippen LogP contribution in [0.15, 0.2) is 24.3 Å². The van der Waals surface area contributed by atoms with Gasteiger partial charge in [-0.3, -0.25) is 18.6 Å². The molecule has 2 atom stereocenters. The van der Waals surface area contributed by atoms with E-state index in [9.17, 15) is 19.0 Å². The average Bonchev–Trinajstić information content (AvgIpc) is 3.33. The van der Waals surface area contributed by atoms with Gasteiger partial charge >= 0.3 is 19.8 Å². The fourth-order valence-corrected chi connectivity index (χ4v) is 9.49. The highest BCUT2D eigenvalue weighted by Crippen LogP contribution is 2.43. The molecular formula is C58H112NO8P. The van der Waals surface area contributed by atoms with Crippen LogP contribution in [0.25, 0.3) is 0 Å². The van der Waals surface area contributed by atoms with Gasteiger partial charge < -0.3 is 20.1 Å². The molecule has 0 saturated heterocycles. The molecule has 0 aliphatic rings. The van der Waals surface area contributed by atoms with Gasteiger partial charge in [0.1, 0.15) is 6.61 Å². The number of unbranched alkanes of at least 4 members (excludes halogenated alkanes) is 39. The van der Waals surface area contributed by atoms with Crippen molar-refractivity contribution < 1.29 is 37.6 Å². The van der Waals surface area contributed by atoms with E-state index in [4.69, 9.17) is 24.3 Å². The van der Waals surface area contributed by atoms with E-state index >= 15 is 0 Å². The van der Waals surface area contributed by atoms with Gasteiger partial charge in [0.15, 0.2) is 6.10 Å². The van der Waals surface area contributed by atoms with Gasteiger partial charge in [0.2, 0.25) is 0 Å². The van der Waals surface area contributed by atoms with Crippen molar-refractivity contribution in [2.75, 3.05) is 26.4 Å². The van der Waals surface area contributed by atoms with Crippen LogP contribution < -0.4 is 5.73 Å². The van der Waals surface area contributed by atoms with Gasteiger partial charge in [-0.25, -0.2) is 4.57 Å². The maximum absolute atomic E-state index is 12.6. The Labute approximate surface area is 421 Å². The van der Waals surface area contributed by atoms with Crippen LogP contribution in [0.2, 0.25) is 0 Å². The molecule has 9 nitrogen and oxygen atoms in total. The third kappa shape index (κ3) is 53.8. The quantitative estimate of drug-likeness (QED) is 0.0264. The first-order valence-electron chi connectivity index (χ1n) is 29.3. The van der Waals surface area contributed by atoms with Crippen molar-refractivity contribution in [3.8, 4) is 0 Å². The summed E-state index contributed by atoms with van der Waals surface area (Å²) in [5, 5.41) is 0. The van der Waals surface area contributed by atoms with Crippen molar-refractivity contribution in [1.29, 1.82) is 0 Å². The second-order valence-corrected chi connectivity index (χ2v) is 21.3. The average molecular weight is 983 g/mol. The summed E-state index contributed by atoms with van der Waals surface area (Å²) in [4.78, 5) is 34.9. The summed E-state index contributed by atoms with van der Waals surface area (Å²) in [7, 11) is -4.37. The van der Waals surface area contributed by atoms with Crippen molar-refractivity contribution in [3.63, 3.8) is 0 Å². The zero-order valence-electron chi connectivity index (χ0n) is 44.9. The lowest BCUT2D eigenvalue weighted by Gasteiger charge is -2.19. The van der Waals surface area contributed by atoms with Crippen LogP contribution in [0.3, 0.4) is 0 Å². The lowest BCUT2D eigenvalue weighted by molar-refractivity contribution is -0.161. The van der Waals surface area contributed by atoms with Crippen LogP contribution in [0.5, 0.6) is 0 Å². The molecule has 0 aromatic heterocycles. The van der Waals surface area contributed by atoms with Crippen molar-refractivity contribution in [2.24, 2.45) is 5.73 Å². The second-order valence-electron chi connectivity index (χ2n) is 19.9. The Morgan fingerprint density at radius 1 is 0.441 bits per heavy atom. The zero-order valence-corrected chi connectivity index (χ0v) is 45.8. The number of allylic oxidation sites excluding steroid dienone is 4. The second kappa shape index (κ2) is 54.8. The summed E-state index contributed by atoms with van der Waals surface area (Å²) in [6.07, 6.45) is 64.4. The number of rotatable bonds is 56. The highest BCUT2D eigenvalue weighted by Gasteiger charge is 2.26. The number of carbonyl (C=O) groups excluding carboxylic acids is 2. The van der Waals surface area contributed by atoms with Crippen LogP contribution in [0, 0.1) is 0 Å². The van der Waals surface area contributed by atoms with Crippen molar-refractivity contribution in [3.05, 3.63) is 24.3 Å². The van der Waals surface area contributed by atoms with E-state index in [1.807, 2.05) is 0 Å². The standard InChI is InChI=1S/C58H112NO8P/c1-3-5-7-9-11-13-14-15-16-17-18-19-20-21-22-23-24-25-26-27-28-29-30-31-32-33-34-35-36-37-38-39-40-41-42-43-45-47-49-51-58(61)67-56(55-66-68(62,63)65-53-52-59)54-64-57(60)50-48-46-44-12-10-8-6-4-2/h14-15,17-18,56H,3-13,16,19-55,59H2,1-2H3,(H,62,63)/b15-14-,18-17-. The first-order chi connectivity index (χ1) is 33.3. The first kappa shape index (κ1) is 66.5. The molecule has 0 spiro atoms. The Hall–Kier alpha value is -1.51. The van der Waals surface area contributed by atoms with Crippen molar-refractivity contribution >= 4 is 19.8 Å². The number of nitrogens with two attached hydrogens (primary N) is 1. The monoisotopic (exact) mass is 982 g/mol. The molecule has 2 unspecified atom stereocenters. The summed E-state index contributed by atoms with van der Waals surface area (Å²) in [5.41, 5.74) is 5.36. The number of esters is 2. The Morgan fingerprint density at radius 3 is 1.12 bits per heavy atom. The molecule has 0 saturated carbocycles. The van der Waals surface area contributed by atoms with Crippen molar-refractivity contribution in [2.45, 2.75) is 309 Å². The Balaban J connectivity index is 3.65. The topological polar surface area (TPSA) is 134 Å². The Bertz CT molecular complexity index is 1170. The maximum Gasteiger partial charge on any atom is 0.472 e. The van der Waals surface area contributed by atoms with E-state index in [1.54, 1.807) is 0 Å². The van der Waals surface area contributed by atoms with Crippen LogP contribution >= 0.6 is 7.82 Å². The number of phosphoric ester groups is 1. The minimum Gasteiger partial charge on any atom is -0.462 e. The molecule has 3 N–H and O–H groups in total. The van der Waals surface area contributed by atoms with Crippen LogP contribution in [0.4, 0.5) is 0 Å². The fourth-order valence-electron chi connectivity index (χ4n) is 8.73. The Morgan fingerprint density at radius 2 is 0.765 bits per heavy atom. The van der Waals surface area contributed by atoms with E-state index < -0.39 is 26.5 Å². The molecule has 0 amide bonds. The molecule has 68 heavy (non-hydrogen) atoms. The highest BCUT2D eigenvalue weighted by molar-refractivity contribution is 7.47. The predicted octanol–water partition coefficient (Wildman–Crippen LogP) is 18.2. The third-order valence-electron chi connectivity index (χ3n) is 13.1. The van der Waals surface area contributed by atoms with E-state index in [-0.39, 0.29) is 38.6 Å². The molecule has 0 fully saturated rings. The molecule has 0 radical (unpaired) electrons. The van der Waals surface area contributed by atoms with Gasteiger partial charge in [0, 0.05) is 19.4 Å². The lowest BCUT2D eigenvalue weighted by Crippen LogP contribution is -2.29. The maximum atomic E-state index is 12.6. The van der Waals surface area contributed by atoms with Gasteiger partial charge in [0.05, 0.1) is 13.2 Å². The van der Waals surface area contributed by atoms with E-state index in [1.165, 1.54) is 231 Å². The predicted molar refractivity (Wildman–Crippen MR) is 289 cm³/mol. The van der Waals surface area contributed by atoms with Crippen LogP contribution in [0.1, 0.15) is 303 Å². The van der Waals surface area contributed by atoms with Gasteiger partial charge in [-0.2, -0.15) is 0 Å². The zero-order chi connectivity index (χ0) is 49.5. The molecule has 0 bridgehead atoms. The molecule has 0 aliphatic carbocycles. The number of hydrogen-bond donors (Lipinski definition) is 2. The Kier molecular flexibility index (Phi) is 53.6. The molecule has 0 aromatic carbocycles. The van der Waals surface area contributed by atoms with E-state index in [0.717, 1.165) is 38.5 Å². The number of ether oxygens (including phenoxy) is 2. The number of phosphoric acid groups is 1. The van der Waals surface area contributed by atoms with E-state index in [2.05, 4.69) is 38.2 Å². The smallest absolute Gasteiger partial charge is 0.462 e. The minimum atomic E-state index is -4.37. The molecule has 10 heteroatoms. The van der Waals surface area contributed by atoms with E-state index in [0.29, 0.717) is 6.42 Å². The summed E-state index contributed by atoms with van der Waals surface area (Å²) >= 11 is 0. The number of hydrogen-bond acceptors (Lipinski definition) is 8. The molecular weight excluding hydrogens is 870 g/mol. The summed E-state index contributed by atoms with van der Waals surface area (Å²) in [5.74, 6) is -0.818. The number of carbonyl (C=O) groups is 2. The molecule has 0 aliphatic heterocycles. The summed E-state index contributed by atoms with van der Waals surface area (Å²) in [6.45, 7) is 3.73. The van der Waals surface area contributed by atoms with Crippen LogP contribution in [-0.2, 0) is 32.7 Å². The fraction of sp³-hybridized carbons (Fsp3) is 0.897. The van der Waals surface area contributed by atoms with Crippen molar-refractivity contribution in [1.82, 2.24) is 0 Å². The lowest BCUT2D eigenvalue weighted by atomic mass is 10.0. The van der Waals surface area contributed by atoms with Gasteiger partial charge in [-0.15, -0.1) is 0 Å². The third-order valence-corrected chi connectivity index (χ3v) is 14.1. The van der Waals surface area contributed by atoms with Crippen LogP contribution in [-0.4, -0.2) is 49.3 Å². The molecule has 0 heterocycles. The molecule has 0 rings (SSSR count). The molecule has 0 aromatic rings. The highest BCUT2D eigenvalue weighted by atomic mass is 31.2. The summed E-state index contributed by atoms with van der Waals surface area (Å²) < 4.78 is 32.8. The van der Waals surface area contributed by atoms with Gasteiger partial charge in [-0.05, 0) is 44.9 Å². The van der Waals surface area contributed by atoms with Gasteiger partial charge in [0.25, 0.3) is 0 Å². The summed E-state index contributed by atoms with van der Waals surface area (Å²) in [6, 6.07) is 0. The molecule has 402 valence electrons. The largest absolute Gasteiger partial charge is 0.472 e. The first-order valence-corrected chi connectivity index (χ1v) is 30.8. The minimum absolute atomic E-state index is 0.0568.